The molecule has 0 atom stereocenters. The Hall–Kier alpha value is -3.71. The lowest BCUT2D eigenvalue weighted by atomic mass is 10.2. The van der Waals surface area contributed by atoms with Crippen molar-refractivity contribution in [2.75, 3.05) is 0 Å². The lowest BCUT2D eigenvalue weighted by molar-refractivity contribution is 0.459. The van der Waals surface area contributed by atoms with E-state index < -0.39 is 5.82 Å². The molecule has 0 aliphatic heterocycles. The molecule has 31 heavy (non-hydrogen) atoms. The molecule has 0 amide bonds. The molecule has 0 aliphatic carbocycles. The minimum absolute atomic E-state index is 0.130. The van der Waals surface area contributed by atoms with Gasteiger partial charge in [-0.3, -0.25) is 9.36 Å². The first-order valence-electron chi connectivity index (χ1n) is 9.46. The van der Waals surface area contributed by atoms with Gasteiger partial charge in [0, 0.05) is 22.8 Å². The molecule has 2 heterocycles. The zero-order valence-electron chi connectivity index (χ0n) is 16.5. The first-order valence-corrected chi connectivity index (χ1v) is 9.83. The maximum absolute atomic E-state index is 13.0. The Labute approximate surface area is 182 Å². The predicted molar refractivity (Wildman–Crippen MR) is 116 cm³/mol. The largest absolute Gasteiger partial charge is 0.439 e. The van der Waals surface area contributed by atoms with Crippen molar-refractivity contribution in [3.63, 3.8) is 0 Å². The fourth-order valence-corrected chi connectivity index (χ4v) is 3.01. The van der Waals surface area contributed by atoms with E-state index in [1.165, 1.54) is 12.1 Å². The monoisotopic (exact) mass is 436 g/mol. The summed E-state index contributed by atoms with van der Waals surface area (Å²) in [6.45, 7) is 2.10. The normalized spacial score (nSPS) is 11.5. The van der Waals surface area contributed by atoms with Crippen LogP contribution in [0.2, 0.25) is 5.02 Å². The highest BCUT2D eigenvalue weighted by Crippen LogP contribution is 2.22. The molecule has 0 radical (unpaired) electrons. The highest BCUT2D eigenvalue weighted by Gasteiger charge is 2.05. The molecule has 0 saturated heterocycles. The molecule has 0 spiro atoms. The van der Waals surface area contributed by atoms with Gasteiger partial charge in [-0.2, -0.15) is 0 Å². The van der Waals surface area contributed by atoms with E-state index in [4.69, 9.17) is 16.3 Å². The van der Waals surface area contributed by atoms with Gasteiger partial charge in [-0.25, -0.2) is 14.4 Å². The quantitative estimate of drug-likeness (QED) is 0.491. The van der Waals surface area contributed by atoms with E-state index in [0.29, 0.717) is 34.2 Å². The number of nitrogens with one attached hydrogen (secondary N) is 1. The van der Waals surface area contributed by atoms with E-state index in [1.807, 2.05) is 12.1 Å². The summed E-state index contributed by atoms with van der Waals surface area (Å²) in [5, 5.41) is 0.634. The van der Waals surface area contributed by atoms with Crippen LogP contribution in [0.4, 0.5) is 10.1 Å². The standard InChI is InChI=1S/C23H18ClFN4O2/c1-15-12-27-23(29(22(15)30)14-16-2-4-17(24)5-3-16)28-19-7-9-20(10-8-19)31-21-11-6-18(25)13-26-21/h2-13H,14H2,1H3,(H,27,28). The highest BCUT2D eigenvalue weighted by molar-refractivity contribution is 6.30. The van der Waals surface area contributed by atoms with Gasteiger partial charge in [-0.15, -0.1) is 0 Å². The number of ether oxygens (including phenoxy) is 1. The smallest absolute Gasteiger partial charge is 0.258 e. The summed E-state index contributed by atoms with van der Waals surface area (Å²) in [5.74, 6) is 0.389. The second-order valence-corrected chi connectivity index (χ2v) is 7.27. The average Bonchev–Trinajstić information content (AvgIpc) is 2.77. The highest BCUT2D eigenvalue weighted by atomic mass is 35.5. The summed E-state index contributed by atoms with van der Waals surface area (Å²) >= 11 is 5.96. The lowest BCUT2D eigenvalue weighted by Crippen LogP contribution is -2.37. The van der Waals surface area contributed by atoms with Crippen LogP contribution < -0.4 is 15.9 Å². The number of aryl methyl sites for hydroxylation is 1. The number of aromatic amines is 1. The summed E-state index contributed by atoms with van der Waals surface area (Å²) in [5.41, 5.74) is 2.43. The van der Waals surface area contributed by atoms with Crippen LogP contribution in [0.1, 0.15) is 11.1 Å². The number of pyridine rings is 1. The maximum Gasteiger partial charge on any atom is 0.258 e. The van der Waals surface area contributed by atoms with Gasteiger partial charge in [0.1, 0.15) is 11.6 Å². The Morgan fingerprint density at radius 2 is 1.84 bits per heavy atom. The number of H-pyrrole nitrogens is 1. The molecule has 0 fully saturated rings. The molecular formula is C23H18ClFN4O2. The van der Waals surface area contributed by atoms with Crippen molar-refractivity contribution < 1.29 is 9.13 Å². The molecule has 0 bridgehead atoms. The molecule has 6 nitrogen and oxygen atoms in total. The number of rotatable bonds is 5. The lowest BCUT2D eigenvalue weighted by Gasteiger charge is -2.09. The Morgan fingerprint density at radius 1 is 1.10 bits per heavy atom. The molecule has 4 aromatic rings. The van der Waals surface area contributed by atoms with Crippen LogP contribution in [0.25, 0.3) is 0 Å². The molecule has 0 saturated carbocycles. The van der Waals surface area contributed by atoms with E-state index in [0.717, 1.165) is 11.8 Å². The van der Waals surface area contributed by atoms with Crippen molar-refractivity contribution in [3.8, 4) is 11.6 Å². The van der Waals surface area contributed by atoms with Crippen molar-refractivity contribution >= 4 is 17.3 Å². The predicted octanol–water partition coefficient (Wildman–Crippen LogP) is 4.75. The van der Waals surface area contributed by atoms with Gasteiger partial charge in [-0.1, -0.05) is 23.7 Å². The fraction of sp³-hybridized carbons (Fsp3) is 0.0870. The van der Waals surface area contributed by atoms with Crippen LogP contribution in [-0.2, 0) is 6.54 Å². The van der Waals surface area contributed by atoms with Crippen LogP contribution in [-0.4, -0.2) is 14.5 Å². The number of hydrogen-bond acceptors (Lipinski definition) is 4. The van der Waals surface area contributed by atoms with Crippen molar-refractivity contribution in [1.82, 2.24) is 14.5 Å². The van der Waals surface area contributed by atoms with Crippen molar-refractivity contribution in [3.05, 3.63) is 111 Å². The van der Waals surface area contributed by atoms with E-state index in [1.54, 1.807) is 54.1 Å². The summed E-state index contributed by atoms with van der Waals surface area (Å²) in [6, 6.07) is 17.0. The van der Waals surface area contributed by atoms with E-state index in [9.17, 15) is 9.18 Å². The van der Waals surface area contributed by atoms with Crippen molar-refractivity contribution in [1.29, 1.82) is 0 Å². The minimum atomic E-state index is -0.430. The van der Waals surface area contributed by atoms with Crippen LogP contribution in [0.3, 0.4) is 0 Å². The molecule has 0 unspecified atom stereocenters. The first kappa shape index (κ1) is 20.6. The maximum atomic E-state index is 13.0. The third-order valence-electron chi connectivity index (χ3n) is 4.50. The third kappa shape index (κ3) is 5.07. The van der Waals surface area contributed by atoms with Crippen LogP contribution in [0.5, 0.6) is 11.6 Å². The van der Waals surface area contributed by atoms with Gasteiger partial charge in [-0.05, 0) is 55.0 Å². The molecule has 156 valence electrons. The van der Waals surface area contributed by atoms with Crippen LogP contribution >= 0.6 is 11.6 Å². The van der Waals surface area contributed by atoms with Crippen molar-refractivity contribution in [2.45, 2.75) is 13.5 Å². The van der Waals surface area contributed by atoms with Crippen LogP contribution in [0.15, 0.2) is 82.8 Å². The number of benzene rings is 2. The van der Waals surface area contributed by atoms with E-state index >= 15 is 0 Å². The molecule has 2 aromatic heterocycles. The zero-order chi connectivity index (χ0) is 21.8. The van der Waals surface area contributed by atoms with E-state index in [2.05, 4.69) is 15.0 Å². The molecule has 4 rings (SSSR count). The second kappa shape index (κ2) is 8.97. The van der Waals surface area contributed by atoms with Gasteiger partial charge in [0.15, 0.2) is 0 Å². The number of halogens is 2. The Bertz CT molecular complexity index is 1310. The van der Waals surface area contributed by atoms with Gasteiger partial charge >= 0.3 is 0 Å². The fourth-order valence-electron chi connectivity index (χ4n) is 2.89. The molecule has 2 aromatic carbocycles. The van der Waals surface area contributed by atoms with Gasteiger partial charge in [0.05, 0.1) is 18.4 Å². The summed E-state index contributed by atoms with van der Waals surface area (Å²) < 4.78 is 20.1. The Kier molecular flexibility index (Phi) is 5.95. The van der Waals surface area contributed by atoms with Crippen LogP contribution in [0, 0.1) is 12.7 Å². The minimum Gasteiger partial charge on any atom is -0.439 e. The van der Waals surface area contributed by atoms with Gasteiger partial charge < -0.3 is 9.72 Å². The van der Waals surface area contributed by atoms with Crippen molar-refractivity contribution in [2.24, 2.45) is 4.99 Å². The third-order valence-corrected chi connectivity index (χ3v) is 4.76. The first-order chi connectivity index (χ1) is 15.0. The Balaban J connectivity index is 1.63. The topological polar surface area (TPSA) is 72.3 Å². The number of aromatic nitrogens is 3. The number of hydrogen-bond donors (Lipinski definition) is 1. The molecule has 1 N–H and O–H groups in total. The SMILES string of the molecule is Cc1c[nH]/c(=N\c2ccc(Oc3ccc(F)cn3)cc2)n(Cc2ccc(Cl)cc2)c1=O. The molecular weight excluding hydrogens is 419 g/mol. The number of nitrogens with zero attached hydrogens (tertiary/aromatic N) is 3. The molecule has 0 aliphatic rings. The second-order valence-electron chi connectivity index (χ2n) is 6.84. The average molecular weight is 437 g/mol. The summed E-state index contributed by atoms with van der Waals surface area (Å²) in [7, 11) is 0. The zero-order valence-corrected chi connectivity index (χ0v) is 17.3. The van der Waals surface area contributed by atoms with Gasteiger partial charge in [0.2, 0.25) is 11.5 Å². The van der Waals surface area contributed by atoms with Gasteiger partial charge in [0.25, 0.3) is 5.56 Å². The molecule has 8 heteroatoms. The Morgan fingerprint density at radius 3 is 2.52 bits per heavy atom. The summed E-state index contributed by atoms with van der Waals surface area (Å²) in [4.78, 5) is 24.3. The van der Waals surface area contributed by atoms with E-state index in [-0.39, 0.29) is 11.4 Å². The summed E-state index contributed by atoms with van der Waals surface area (Å²) in [6.07, 6.45) is 2.73.